The van der Waals surface area contributed by atoms with Gasteiger partial charge in [-0.2, -0.15) is 0 Å². The van der Waals surface area contributed by atoms with Gasteiger partial charge in [0.2, 0.25) is 0 Å². The van der Waals surface area contributed by atoms with Gasteiger partial charge in [0.15, 0.2) is 0 Å². The predicted octanol–water partition coefficient (Wildman–Crippen LogP) is 10.6. The van der Waals surface area contributed by atoms with Crippen LogP contribution in [0.25, 0.3) is 37.9 Å². The number of anilines is 3. The molecular formula is C37H28N2S. The number of rotatable bonds is 4. The van der Waals surface area contributed by atoms with Crippen LogP contribution < -0.4 is 4.90 Å². The lowest BCUT2D eigenvalue weighted by Gasteiger charge is -2.27. The van der Waals surface area contributed by atoms with Crippen molar-refractivity contribution in [2.45, 2.75) is 19.3 Å². The number of fused-ring (bicyclic) bond motifs is 6. The van der Waals surface area contributed by atoms with Crippen LogP contribution in [0.3, 0.4) is 0 Å². The maximum absolute atomic E-state index is 2.42. The topological polar surface area (TPSA) is 8.17 Å². The zero-order valence-electron chi connectivity index (χ0n) is 22.5. The lowest BCUT2D eigenvalue weighted by molar-refractivity contribution is 0.660. The van der Waals surface area contributed by atoms with E-state index >= 15 is 0 Å². The molecule has 1 aliphatic carbocycles. The molecule has 8 rings (SSSR count). The van der Waals surface area contributed by atoms with Gasteiger partial charge in [-0.1, -0.05) is 98.8 Å². The molecule has 5 aromatic carbocycles. The summed E-state index contributed by atoms with van der Waals surface area (Å²) in [6.45, 7) is 4.70. The fourth-order valence-electron chi connectivity index (χ4n) is 6.50. The summed E-state index contributed by atoms with van der Waals surface area (Å²) in [6.07, 6.45) is 0. The lowest BCUT2D eigenvalue weighted by atomic mass is 9.82. The SMILES string of the molecule is CC1(C)c2ccccc2-c2ccc(N(c3ccccc3)c3cc4c(s3)c3ccccc3n4-c3ccccc3)cc21. The molecular weight excluding hydrogens is 504 g/mol. The van der Waals surface area contributed by atoms with E-state index in [9.17, 15) is 0 Å². The Bertz CT molecular complexity index is 2030. The van der Waals surface area contributed by atoms with Gasteiger partial charge >= 0.3 is 0 Å². The predicted molar refractivity (Wildman–Crippen MR) is 171 cm³/mol. The van der Waals surface area contributed by atoms with Crippen LogP contribution in [0.1, 0.15) is 25.0 Å². The van der Waals surface area contributed by atoms with Gasteiger partial charge in [-0.05, 0) is 70.8 Å². The maximum atomic E-state index is 2.42. The summed E-state index contributed by atoms with van der Waals surface area (Å²) < 4.78 is 3.71. The van der Waals surface area contributed by atoms with Crippen molar-refractivity contribution in [3.05, 3.63) is 145 Å². The zero-order valence-corrected chi connectivity index (χ0v) is 23.3. The van der Waals surface area contributed by atoms with Gasteiger partial charge in [-0.15, -0.1) is 11.3 Å². The molecule has 2 nitrogen and oxygen atoms in total. The first-order valence-corrected chi connectivity index (χ1v) is 14.6. The molecule has 192 valence electrons. The normalized spacial score (nSPS) is 13.4. The molecule has 0 saturated heterocycles. The highest BCUT2D eigenvalue weighted by atomic mass is 32.1. The van der Waals surface area contributed by atoms with Crippen molar-refractivity contribution in [1.29, 1.82) is 0 Å². The molecule has 7 aromatic rings. The molecule has 0 fully saturated rings. The van der Waals surface area contributed by atoms with E-state index in [0.29, 0.717) is 0 Å². The molecule has 0 atom stereocenters. The molecule has 0 radical (unpaired) electrons. The molecule has 0 aliphatic heterocycles. The average Bonchev–Trinajstić information content (AvgIpc) is 3.62. The lowest BCUT2D eigenvalue weighted by Crippen LogP contribution is -2.16. The highest BCUT2D eigenvalue weighted by Crippen LogP contribution is 2.51. The van der Waals surface area contributed by atoms with Crippen LogP contribution in [0.5, 0.6) is 0 Å². The third-order valence-electron chi connectivity index (χ3n) is 8.40. The van der Waals surface area contributed by atoms with Crippen LogP contribution in [0, 0.1) is 0 Å². The molecule has 40 heavy (non-hydrogen) atoms. The summed E-state index contributed by atoms with van der Waals surface area (Å²) in [5, 5.41) is 2.50. The molecule has 3 heteroatoms. The number of hydrogen-bond donors (Lipinski definition) is 0. The summed E-state index contributed by atoms with van der Waals surface area (Å²) in [6, 6.07) is 48.5. The Morgan fingerprint density at radius 3 is 2.08 bits per heavy atom. The molecule has 2 heterocycles. The van der Waals surface area contributed by atoms with Crippen molar-refractivity contribution < 1.29 is 0 Å². The van der Waals surface area contributed by atoms with E-state index in [4.69, 9.17) is 0 Å². The zero-order chi connectivity index (χ0) is 26.8. The summed E-state index contributed by atoms with van der Waals surface area (Å²) in [5.74, 6) is 0. The second-order valence-corrected chi connectivity index (χ2v) is 12.1. The Balaban J connectivity index is 1.36. The number of para-hydroxylation sites is 3. The number of nitrogens with zero attached hydrogens (tertiary/aromatic N) is 2. The molecule has 0 amide bonds. The minimum absolute atomic E-state index is 0.0510. The van der Waals surface area contributed by atoms with Gasteiger partial charge in [0.05, 0.1) is 15.7 Å². The van der Waals surface area contributed by atoms with E-state index < -0.39 is 0 Å². The Kier molecular flexibility index (Phi) is 5.07. The molecule has 0 N–H and O–H groups in total. The molecule has 0 spiro atoms. The first kappa shape index (κ1) is 23.3. The minimum atomic E-state index is -0.0510. The van der Waals surface area contributed by atoms with Crippen molar-refractivity contribution >= 4 is 48.8 Å². The van der Waals surface area contributed by atoms with Crippen molar-refractivity contribution in [3.63, 3.8) is 0 Å². The third kappa shape index (κ3) is 3.34. The van der Waals surface area contributed by atoms with Gasteiger partial charge in [0.1, 0.15) is 5.00 Å². The highest BCUT2D eigenvalue weighted by molar-refractivity contribution is 7.24. The van der Waals surface area contributed by atoms with Gasteiger partial charge in [0.25, 0.3) is 0 Å². The summed E-state index contributed by atoms with van der Waals surface area (Å²) in [7, 11) is 0. The monoisotopic (exact) mass is 532 g/mol. The second kappa shape index (κ2) is 8.70. The van der Waals surface area contributed by atoms with Crippen LogP contribution >= 0.6 is 11.3 Å². The van der Waals surface area contributed by atoms with Crippen molar-refractivity contribution in [2.75, 3.05) is 4.90 Å². The molecule has 0 bridgehead atoms. The summed E-state index contributed by atoms with van der Waals surface area (Å²) in [4.78, 5) is 2.42. The number of aromatic nitrogens is 1. The van der Waals surface area contributed by atoms with Crippen LogP contribution in [-0.4, -0.2) is 4.57 Å². The second-order valence-electron chi connectivity index (χ2n) is 11.1. The fraction of sp³-hybridized carbons (Fsp3) is 0.0811. The van der Waals surface area contributed by atoms with Crippen LogP contribution in [0.4, 0.5) is 16.4 Å². The van der Waals surface area contributed by atoms with Crippen molar-refractivity contribution in [1.82, 2.24) is 4.57 Å². The Labute approximate surface area is 238 Å². The van der Waals surface area contributed by atoms with E-state index in [0.717, 1.165) is 5.69 Å². The minimum Gasteiger partial charge on any atom is -0.308 e. The van der Waals surface area contributed by atoms with E-state index in [1.165, 1.54) is 59.7 Å². The summed E-state index contributed by atoms with van der Waals surface area (Å²) >= 11 is 1.87. The van der Waals surface area contributed by atoms with Crippen molar-refractivity contribution in [2.24, 2.45) is 0 Å². The highest BCUT2D eigenvalue weighted by Gasteiger charge is 2.35. The van der Waals surface area contributed by atoms with Crippen LogP contribution in [0.15, 0.2) is 133 Å². The van der Waals surface area contributed by atoms with E-state index in [-0.39, 0.29) is 5.41 Å². The Morgan fingerprint density at radius 1 is 0.575 bits per heavy atom. The van der Waals surface area contributed by atoms with E-state index in [1.807, 2.05) is 11.3 Å². The van der Waals surface area contributed by atoms with Crippen molar-refractivity contribution in [3.8, 4) is 16.8 Å². The van der Waals surface area contributed by atoms with Gasteiger partial charge in [-0.25, -0.2) is 0 Å². The maximum Gasteiger partial charge on any atom is 0.103 e. The van der Waals surface area contributed by atoms with Gasteiger partial charge < -0.3 is 9.47 Å². The quantitative estimate of drug-likeness (QED) is 0.219. The number of benzene rings is 5. The van der Waals surface area contributed by atoms with E-state index in [2.05, 4.69) is 157 Å². The Morgan fingerprint density at radius 2 is 1.25 bits per heavy atom. The summed E-state index contributed by atoms with van der Waals surface area (Å²) in [5.41, 5.74) is 11.4. The first-order chi connectivity index (χ1) is 19.6. The molecule has 2 aromatic heterocycles. The first-order valence-electron chi connectivity index (χ1n) is 13.8. The van der Waals surface area contributed by atoms with Gasteiger partial charge in [0, 0.05) is 27.9 Å². The molecule has 1 aliphatic rings. The smallest absolute Gasteiger partial charge is 0.103 e. The van der Waals surface area contributed by atoms with Crippen LogP contribution in [-0.2, 0) is 5.41 Å². The molecule has 0 unspecified atom stereocenters. The third-order valence-corrected chi connectivity index (χ3v) is 9.55. The standard InChI is InChI=1S/C37H28N2S/c1-37(2)31-19-11-9-17-28(31)29-22-21-27(23-32(29)37)38(25-13-5-3-6-14-25)35-24-34-36(40-35)30-18-10-12-20-33(30)39(34)26-15-7-4-8-16-26/h3-24H,1-2H3. The number of thiophene rings is 1. The number of hydrogen-bond acceptors (Lipinski definition) is 2. The molecule has 0 saturated carbocycles. The van der Waals surface area contributed by atoms with E-state index in [1.54, 1.807) is 0 Å². The van der Waals surface area contributed by atoms with Crippen LogP contribution in [0.2, 0.25) is 0 Å². The largest absolute Gasteiger partial charge is 0.308 e. The Hall–Kier alpha value is -4.60. The fourth-order valence-corrected chi connectivity index (χ4v) is 7.71. The van der Waals surface area contributed by atoms with Gasteiger partial charge in [-0.3, -0.25) is 0 Å². The average molecular weight is 533 g/mol.